The van der Waals surface area contributed by atoms with Crippen LogP contribution in [0.2, 0.25) is 0 Å². The summed E-state index contributed by atoms with van der Waals surface area (Å²) in [6.07, 6.45) is 2.56. The Morgan fingerprint density at radius 2 is 2.14 bits per heavy atom. The predicted octanol–water partition coefficient (Wildman–Crippen LogP) is 2.62. The molecular weight excluding hydrogens is 287 g/mol. The molecule has 1 heterocycles. The minimum absolute atomic E-state index is 0.173. The second-order valence-electron chi connectivity index (χ2n) is 5.39. The van der Waals surface area contributed by atoms with E-state index in [9.17, 15) is 4.39 Å². The van der Waals surface area contributed by atoms with E-state index in [0.717, 1.165) is 43.4 Å². The number of hydrogen-bond donors (Lipinski definition) is 1. The molecule has 0 aliphatic carbocycles. The molecule has 1 aromatic carbocycles. The van der Waals surface area contributed by atoms with Crippen LogP contribution in [0.25, 0.3) is 0 Å². The maximum absolute atomic E-state index is 12.9. The molecule has 1 atom stereocenters. The SMILES string of the molecule is COCCN(CCSc1ccc(F)cc1)CC1CCCN1. The van der Waals surface area contributed by atoms with Crippen LogP contribution in [0, 0.1) is 5.82 Å². The molecule has 3 nitrogen and oxygen atoms in total. The van der Waals surface area contributed by atoms with Gasteiger partial charge in [-0.1, -0.05) is 0 Å². The zero-order valence-corrected chi connectivity index (χ0v) is 13.5. The van der Waals surface area contributed by atoms with Crippen molar-refractivity contribution in [1.82, 2.24) is 10.2 Å². The average molecular weight is 312 g/mol. The van der Waals surface area contributed by atoms with E-state index >= 15 is 0 Å². The van der Waals surface area contributed by atoms with Crippen molar-refractivity contribution in [1.29, 1.82) is 0 Å². The van der Waals surface area contributed by atoms with Crippen molar-refractivity contribution in [2.45, 2.75) is 23.8 Å². The summed E-state index contributed by atoms with van der Waals surface area (Å²) < 4.78 is 18.1. The van der Waals surface area contributed by atoms with Gasteiger partial charge in [0.05, 0.1) is 6.61 Å². The smallest absolute Gasteiger partial charge is 0.123 e. The third kappa shape index (κ3) is 6.34. The van der Waals surface area contributed by atoms with E-state index in [1.54, 1.807) is 18.9 Å². The Labute approximate surface area is 131 Å². The van der Waals surface area contributed by atoms with Gasteiger partial charge in [0.15, 0.2) is 0 Å². The Hall–Kier alpha value is -0.620. The van der Waals surface area contributed by atoms with E-state index in [2.05, 4.69) is 10.2 Å². The van der Waals surface area contributed by atoms with Gasteiger partial charge in [-0.15, -0.1) is 11.8 Å². The van der Waals surface area contributed by atoms with Gasteiger partial charge in [0.1, 0.15) is 5.82 Å². The van der Waals surface area contributed by atoms with Crippen molar-refractivity contribution >= 4 is 11.8 Å². The molecule has 1 fully saturated rings. The van der Waals surface area contributed by atoms with Crippen molar-refractivity contribution in [3.05, 3.63) is 30.1 Å². The fourth-order valence-corrected chi connectivity index (χ4v) is 3.48. The molecule has 1 aliphatic rings. The minimum Gasteiger partial charge on any atom is -0.383 e. The molecule has 1 aromatic rings. The quantitative estimate of drug-likeness (QED) is 0.709. The highest BCUT2D eigenvalue weighted by atomic mass is 32.2. The van der Waals surface area contributed by atoms with E-state index in [1.807, 2.05) is 12.1 Å². The number of nitrogens with one attached hydrogen (secondary N) is 1. The van der Waals surface area contributed by atoms with E-state index in [1.165, 1.54) is 25.0 Å². The van der Waals surface area contributed by atoms with Crippen LogP contribution in [0.4, 0.5) is 4.39 Å². The van der Waals surface area contributed by atoms with Crippen molar-refractivity contribution < 1.29 is 9.13 Å². The van der Waals surface area contributed by atoms with Gasteiger partial charge in [-0.3, -0.25) is 4.90 Å². The van der Waals surface area contributed by atoms with Crippen LogP contribution in [0.3, 0.4) is 0 Å². The number of ether oxygens (including phenoxy) is 1. The molecule has 0 radical (unpaired) electrons. The Balaban J connectivity index is 1.73. The first kappa shape index (κ1) is 16.7. The van der Waals surface area contributed by atoms with Crippen LogP contribution in [-0.4, -0.2) is 56.6 Å². The number of benzene rings is 1. The highest BCUT2D eigenvalue weighted by Crippen LogP contribution is 2.18. The molecule has 0 spiro atoms. The molecule has 2 rings (SSSR count). The van der Waals surface area contributed by atoms with Crippen molar-refractivity contribution in [3.63, 3.8) is 0 Å². The van der Waals surface area contributed by atoms with Crippen LogP contribution in [0.5, 0.6) is 0 Å². The molecule has 5 heteroatoms. The third-order valence-corrected chi connectivity index (χ3v) is 4.73. The van der Waals surface area contributed by atoms with Gasteiger partial charge in [-0.25, -0.2) is 4.39 Å². The lowest BCUT2D eigenvalue weighted by Crippen LogP contribution is -2.40. The summed E-state index contributed by atoms with van der Waals surface area (Å²) in [4.78, 5) is 3.59. The van der Waals surface area contributed by atoms with Crippen LogP contribution in [0.1, 0.15) is 12.8 Å². The maximum Gasteiger partial charge on any atom is 0.123 e. The third-order valence-electron chi connectivity index (χ3n) is 3.74. The largest absolute Gasteiger partial charge is 0.383 e. The number of hydrogen-bond acceptors (Lipinski definition) is 4. The second-order valence-corrected chi connectivity index (χ2v) is 6.56. The molecule has 21 heavy (non-hydrogen) atoms. The number of nitrogens with zero attached hydrogens (tertiary/aromatic N) is 1. The van der Waals surface area contributed by atoms with Gasteiger partial charge in [0.25, 0.3) is 0 Å². The highest BCUT2D eigenvalue weighted by molar-refractivity contribution is 7.99. The normalized spacial score (nSPS) is 18.5. The molecule has 1 unspecified atom stereocenters. The summed E-state index contributed by atoms with van der Waals surface area (Å²) in [7, 11) is 1.75. The molecule has 1 aliphatic heterocycles. The van der Waals surface area contributed by atoms with E-state index in [-0.39, 0.29) is 5.82 Å². The standard InChI is InChI=1S/C16H25FN2OS/c1-20-11-9-19(13-15-3-2-8-18-15)10-12-21-16-6-4-14(17)5-7-16/h4-7,15,18H,2-3,8-13H2,1H3. The summed E-state index contributed by atoms with van der Waals surface area (Å²) in [6, 6.07) is 7.36. The first-order valence-corrected chi connectivity index (χ1v) is 8.59. The summed E-state index contributed by atoms with van der Waals surface area (Å²) in [5.74, 6) is 0.843. The molecule has 0 bridgehead atoms. The second kappa shape index (κ2) is 9.41. The summed E-state index contributed by atoms with van der Waals surface area (Å²) in [5.41, 5.74) is 0. The van der Waals surface area contributed by atoms with Crippen LogP contribution in [0.15, 0.2) is 29.2 Å². The lowest BCUT2D eigenvalue weighted by molar-refractivity contribution is 0.146. The number of halogens is 1. The first-order chi connectivity index (χ1) is 10.3. The molecule has 118 valence electrons. The zero-order valence-electron chi connectivity index (χ0n) is 12.7. The Bertz CT molecular complexity index is 396. The Morgan fingerprint density at radius 1 is 1.33 bits per heavy atom. The van der Waals surface area contributed by atoms with Gasteiger partial charge >= 0.3 is 0 Å². The topological polar surface area (TPSA) is 24.5 Å². The van der Waals surface area contributed by atoms with Gasteiger partial charge in [-0.2, -0.15) is 0 Å². The fourth-order valence-electron chi connectivity index (χ4n) is 2.56. The van der Waals surface area contributed by atoms with Gasteiger partial charge < -0.3 is 10.1 Å². The van der Waals surface area contributed by atoms with Crippen LogP contribution < -0.4 is 5.32 Å². The summed E-state index contributed by atoms with van der Waals surface area (Å²) >= 11 is 1.78. The van der Waals surface area contributed by atoms with Crippen molar-refractivity contribution in [2.75, 3.05) is 45.6 Å². The predicted molar refractivity (Wildman–Crippen MR) is 86.5 cm³/mol. The minimum atomic E-state index is -0.173. The Kier molecular flexibility index (Phi) is 7.50. The first-order valence-electron chi connectivity index (χ1n) is 7.61. The highest BCUT2D eigenvalue weighted by Gasteiger charge is 2.17. The van der Waals surface area contributed by atoms with E-state index in [0.29, 0.717) is 6.04 Å². The molecule has 0 aromatic heterocycles. The number of methoxy groups -OCH3 is 1. The molecular formula is C16H25FN2OS. The number of thioether (sulfide) groups is 1. The van der Waals surface area contributed by atoms with Gasteiger partial charge in [-0.05, 0) is 43.7 Å². The van der Waals surface area contributed by atoms with Crippen LogP contribution >= 0.6 is 11.8 Å². The van der Waals surface area contributed by atoms with Crippen LogP contribution in [-0.2, 0) is 4.74 Å². The summed E-state index contributed by atoms with van der Waals surface area (Å²) in [6.45, 7) is 5.01. The Morgan fingerprint density at radius 3 is 2.81 bits per heavy atom. The molecule has 1 saturated heterocycles. The monoisotopic (exact) mass is 312 g/mol. The summed E-state index contributed by atoms with van der Waals surface area (Å²) in [5, 5.41) is 3.55. The maximum atomic E-state index is 12.9. The van der Waals surface area contributed by atoms with E-state index < -0.39 is 0 Å². The lowest BCUT2D eigenvalue weighted by atomic mass is 10.2. The average Bonchev–Trinajstić information content (AvgIpc) is 2.99. The fraction of sp³-hybridized carbons (Fsp3) is 0.625. The molecule has 0 saturated carbocycles. The molecule has 0 amide bonds. The molecule has 1 N–H and O–H groups in total. The van der Waals surface area contributed by atoms with Gasteiger partial charge in [0.2, 0.25) is 0 Å². The van der Waals surface area contributed by atoms with Crippen molar-refractivity contribution in [2.24, 2.45) is 0 Å². The number of rotatable bonds is 9. The lowest BCUT2D eigenvalue weighted by Gasteiger charge is -2.25. The van der Waals surface area contributed by atoms with Gasteiger partial charge in [0, 0.05) is 43.4 Å². The van der Waals surface area contributed by atoms with E-state index in [4.69, 9.17) is 4.74 Å². The zero-order chi connectivity index (χ0) is 14.9. The van der Waals surface area contributed by atoms with Crippen molar-refractivity contribution in [3.8, 4) is 0 Å².